The third-order valence-corrected chi connectivity index (χ3v) is 9.56. The van der Waals surface area contributed by atoms with Crippen LogP contribution in [0.5, 0.6) is 0 Å². The van der Waals surface area contributed by atoms with Gasteiger partial charge in [-0.3, -0.25) is 0 Å². The van der Waals surface area contributed by atoms with Crippen LogP contribution in [-0.2, 0) is 0 Å². The van der Waals surface area contributed by atoms with E-state index < -0.39 is 0 Å². The van der Waals surface area contributed by atoms with Crippen LogP contribution in [0.25, 0.3) is 0 Å². The molecule has 4 aliphatic rings. The van der Waals surface area contributed by atoms with Crippen molar-refractivity contribution in [2.45, 2.75) is 105 Å². The summed E-state index contributed by atoms with van der Waals surface area (Å²) in [5.74, 6) is 7.12. The van der Waals surface area contributed by atoms with E-state index in [2.05, 4.69) is 33.8 Å². The lowest BCUT2D eigenvalue weighted by molar-refractivity contribution is 0.000426. The van der Waals surface area contributed by atoms with E-state index in [9.17, 15) is 0 Å². The van der Waals surface area contributed by atoms with Crippen molar-refractivity contribution in [3.8, 4) is 0 Å². The lowest BCUT2D eigenvalue weighted by Crippen LogP contribution is -2.46. The van der Waals surface area contributed by atoms with Crippen LogP contribution in [0.2, 0.25) is 0 Å². The molecule has 26 heavy (non-hydrogen) atoms. The van der Waals surface area contributed by atoms with Crippen molar-refractivity contribution in [1.29, 1.82) is 0 Å². The van der Waals surface area contributed by atoms with Crippen molar-refractivity contribution in [3.05, 3.63) is 11.6 Å². The van der Waals surface area contributed by atoms with E-state index in [0.717, 1.165) is 41.4 Å². The quantitative estimate of drug-likeness (QED) is 0.437. The number of hydrogen-bond donors (Lipinski definition) is 0. The fourth-order valence-electron chi connectivity index (χ4n) is 8.16. The molecule has 0 heteroatoms. The number of allylic oxidation sites excluding steroid dienone is 2. The van der Waals surface area contributed by atoms with Crippen LogP contribution in [0, 0.1) is 46.8 Å². The highest BCUT2D eigenvalue weighted by atomic mass is 14.6. The predicted molar refractivity (Wildman–Crippen MR) is 113 cm³/mol. The van der Waals surface area contributed by atoms with Crippen molar-refractivity contribution in [2.24, 2.45) is 46.8 Å². The van der Waals surface area contributed by atoms with Gasteiger partial charge in [0.2, 0.25) is 0 Å². The Bertz CT molecular complexity index is 514. The van der Waals surface area contributed by atoms with E-state index >= 15 is 0 Å². The van der Waals surface area contributed by atoms with Gasteiger partial charge in [0, 0.05) is 0 Å². The Kier molecular flexibility index (Phi) is 5.60. The lowest BCUT2D eigenvalue weighted by Gasteiger charge is -2.55. The molecule has 0 spiro atoms. The van der Waals surface area contributed by atoms with Crippen LogP contribution in [0.1, 0.15) is 105 Å². The fraction of sp³-hybridized carbons (Fsp3) is 0.923. The lowest BCUT2D eigenvalue weighted by atomic mass is 9.50. The highest BCUT2D eigenvalue weighted by Crippen LogP contribution is 2.62. The third-order valence-electron chi connectivity index (χ3n) is 9.56. The molecule has 0 heterocycles. The summed E-state index contributed by atoms with van der Waals surface area (Å²) in [6, 6.07) is 0. The summed E-state index contributed by atoms with van der Waals surface area (Å²) in [6.45, 7) is 10.0. The first-order chi connectivity index (χ1) is 12.5. The maximum atomic E-state index is 2.74. The number of hydrogen-bond acceptors (Lipinski definition) is 0. The molecular weight excluding hydrogens is 312 g/mol. The second-order valence-corrected chi connectivity index (χ2v) is 11.3. The zero-order valence-electron chi connectivity index (χ0n) is 18.1. The first kappa shape index (κ1) is 19.1. The molecule has 0 bridgehead atoms. The second kappa shape index (κ2) is 7.63. The minimum Gasteiger partial charge on any atom is -0.0845 e. The van der Waals surface area contributed by atoms with Crippen LogP contribution in [-0.4, -0.2) is 0 Å². The molecule has 0 aromatic rings. The average Bonchev–Trinajstić information content (AvgIpc) is 3.05. The van der Waals surface area contributed by atoms with Gasteiger partial charge in [-0.2, -0.15) is 0 Å². The molecule has 7 atom stereocenters. The molecule has 3 saturated carbocycles. The van der Waals surface area contributed by atoms with E-state index in [1.165, 1.54) is 51.4 Å². The predicted octanol–water partition coefficient (Wildman–Crippen LogP) is 8.03. The Hall–Kier alpha value is -0.260. The van der Waals surface area contributed by atoms with E-state index in [1.807, 2.05) is 5.57 Å². The SMILES string of the molecule is CC(C)CCC[C@@H](C)[C@H]1CC[C@@H]2C1CC[C@H]1[C@H]2CC=C2CCCC[C@@]21C. The normalized spacial score (nSPS) is 43.4. The molecule has 4 rings (SSSR count). The molecule has 0 saturated heterocycles. The number of fused-ring (bicyclic) bond motifs is 5. The second-order valence-electron chi connectivity index (χ2n) is 11.3. The minimum absolute atomic E-state index is 0.590. The molecule has 1 unspecified atom stereocenters. The van der Waals surface area contributed by atoms with Crippen molar-refractivity contribution in [2.75, 3.05) is 0 Å². The van der Waals surface area contributed by atoms with Crippen LogP contribution < -0.4 is 0 Å². The zero-order chi connectivity index (χ0) is 18.3. The fourth-order valence-corrected chi connectivity index (χ4v) is 8.16. The van der Waals surface area contributed by atoms with E-state index in [0.29, 0.717) is 5.41 Å². The van der Waals surface area contributed by atoms with Crippen molar-refractivity contribution >= 4 is 0 Å². The van der Waals surface area contributed by atoms with Crippen molar-refractivity contribution in [3.63, 3.8) is 0 Å². The monoisotopic (exact) mass is 356 g/mol. The minimum atomic E-state index is 0.590. The molecule has 0 amide bonds. The van der Waals surface area contributed by atoms with Crippen LogP contribution >= 0.6 is 0 Å². The van der Waals surface area contributed by atoms with Gasteiger partial charge >= 0.3 is 0 Å². The highest BCUT2D eigenvalue weighted by Gasteiger charge is 2.53. The Labute approximate surface area is 163 Å². The first-order valence-electron chi connectivity index (χ1n) is 12.2. The highest BCUT2D eigenvalue weighted by molar-refractivity contribution is 5.23. The summed E-state index contributed by atoms with van der Waals surface area (Å²) < 4.78 is 0. The molecule has 148 valence electrons. The molecule has 3 fully saturated rings. The molecule has 0 nitrogen and oxygen atoms in total. The van der Waals surface area contributed by atoms with Crippen molar-refractivity contribution in [1.82, 2.24) is 0 Å². The van der Waals surface area contributed by atoms with Gasteiger partial charge in [0.05, 0.1) is 0 Å². The Balaban J connectivity index is 1.43. The molecule has 0 aromatic heterocycles. The molecule has 0 radical (unpaired) electrons. The summed E-state index contributed by atoms with van der Waals surface area (Å²) in [5, 5.41) is 0. The van der Waals surface area contributed by atoms with E-state index in [1.54, 1.807) is 25.7 Å². The topological polar surface area (TPSA) is 0 Å². The molecule has 0 aromatic carbocycles. The number of rotatable bonds is 5. The van der Waals surface area contributed by atoms with E-state index in [-0.39, 0.29) is 0 Å². The van der Waals surface area contributed by atoms with Gasteiger partial charge < -0.3 is 0 Å². The average molecular weight is 357 g/mol. The Morgan fingerprint density at radius 2 is 1.77 bits per heavy atom. The van der Waals surface area contributed by atoms with Gasteiger partial charge in [-0.1, -0.05) is 65.0 Å². The van der Waals surface area contributed by atoms with Gasteiger partial charge in [-0.15, -0.1) is 0 Å². The van der Waals surface area contributed by atoms with Crippen molar-refractivity contribution < 1.29 is 0 Å². The summed E-state index contributed by atoms with van der Waals surface area (Å²) in [7, 11) is 0. The summed E-state index contributed by atoms with van der Waals surface area (Å²) in [6.07, 6.45) is 20.6. The summed E-state index contributed by atoms with van der Waals surface area (Å²) in [5.41, 5.74) is 2.47. The molecular formula is C26H44. The van der Waals surface area contributed by atoms with Gasteiger partial charge in [0.1, 0.15) is 0 Å². The molecule has 4 aliphatic carbocycles. The van der Waals surface area contributed by atoms with Gasteiger partial charge in [-0.25, -0.2) is 0 Å². The maximum absolute atomic E-state index is 2.74. The van der Waals surface area contributed by atoms with E-state index in [4.69, 9.17) is 0 Å². The van der Waals surface area contributed by atoms with Crippen LogP contribution in [0.15, 0.2) is 11.6 Å². The zero-order valence-corrected chi connectivity index (χ0v) is 18.1. The Morgan fingerprint density at radius 1 is 0.962 bits per heavy atom. The Morgan fingerprint density at radius 3 is 2.58 bits per heavy atom. The third kappa shape index (κ3) is 3.33. The van der Waals surface area contributed by atoms with Gasteiger partial charge in [-0.05, 0) is 98.2 Å². The van der Waals surface area contributed by atoms with Crippen LogP contribution in [0.4, 0.5) is 0 Å². The summed E-state index contributed by atoms with van der Waals surface area (Å²) >= 11 is 0. The standard InChI is InChI=1S/C26H44/c1-18(2)8-7-9-19(3)21-13-14-23-22(21)15-16-25-24(23)12-11-20-10-5-6-17-26(20,25)4/h11,18-19,21-25H,5-10,12-17H2,1-4H3/t19-,21-,22?,23-,24+,25+,26+/m1/s1. The van der Waals surface area contributed by atoms with Gasteiger partial charge in [0.25, 0.3) is 0 Å². The maximum Gasteiger partial charge on any atom is -0.00853 e. The molecule has 0 aliphatic heterocycles. The smallest absolute Gasteiger partial charge is 0.00853 e. The largest absolute Gasteiger partial charge is 0.0845 e. The summed E-state index contributed by atoms with van der Waals surface area (Å²) in [4.78, 5) is 0. The first-order valence-corrected chi connectivity index (χ1v) is 12.2. The van der Waals surface area contributed by atoms with Crippen LogP contribution in [0.3, 0.4) is 0 Å². The molecule has 0 N–H and O–H groups in total. The van der Waals surface area contributed by atoms with Gasteiger partial charge in [0.15, 0.2) is 0 Å².